The Morgan fingerprint density at radius 1 is 1.38 bits per heavy atom. The minimum Gasteiger partial charge on any atom is -0.477 e. The summed E-state index contributed by atoms with van der Waals surface area (Å²) in [6.45, 7) is 0. The van der Waals surface area contributed by atoms with Crippen LogP contribution >= 0.6 is 46.0 Å². The van der Waals surface area contributed by atoms with E-state index in [0.29, 0.717) is 27.2 Å². The standard InChI is InChI=1S/C17H17ClN8O5S3/c1-25(2)16-22-23-17(34-16)32-6-4-3-5-7(13(28)26(5)10(6)14(29)30)20-12(27)9(24-31)8-11(18)33-15(19)21-8/h5,7,9H,3-4H2,1-2H3,(H2,19,21)(H,20,27)(H,29,30). The lowest BCUT2D eigenvalue weighted by Crippen LogP contribution is -2.71. The number of amides is 2. The summed E-state index contributed by atoms with van der Waals surface area (Å²) >= 11 is 9.32. The van der Waals surface area contributed by atoms with Crippen molar-refractivity contribution in [3.63, 3.8) is 0 Å². The van der Waals surface area contributed by atoms with Crippen molar-refractivity contribution in [3.05, 3.63) is 25.5 Å². The van der Waals surface area contributed by atoms with Gasteiger partial charge in [0.1, 0.15) is 21.8 Å². The van der Waals surface area contributed by atoms with Gasteiger partial charge in [-0.1, -0.05) is 46.0 Å². The number of hydrogen-bond donors (Lipinski definition) is 3. The lowest BCUT2D eigenvalue weighted by molar-refractivity contribution is -0.156. The zero-order valence-corrected chi connectivity index (χ0v) is 20.8. The van der Waals surface area contributed by atoms with E-state index in [-0.39, 0.29) is 20.9 Å². The smallest absolute Gasteiger partial charge is 0.353 e. The van der Waals surface area contributed by atoms with Crippen LogP contribution in [-0.2, 0) is 14.4 Å². The molecule has 3 unspecified atom stereocenters. The topological polar surface area (TPSA) is 184 Å². The molecule has 2 aromatic heterocycles. The molecule has 4 heterocycles. The average Bonchev–Trinajstić information content (AvgIpc) is 3.38. The lowest BCUT2D eigenvalue weighted by atomic mass is 9.86. The monoisotopic (exact) mass is 544 g/mol. The normalized spacial score (nSPS) is 20.4. The second kappa shape index (κ2) is 9.44. The maximum absolute atomic E-state index is 12.9. The fourth-order valence-electron chi connectivity index (χ4n) is 3.61. The van der Waals surface area contributed by atoms with Gasteiger partial charge in [-0.05, 0) is 18.0 Å². The van der Waals surface area contributed by atoms with Crippen molar-refractivity contribution in [2.45, 2.75) is 35.3 Å². The van der Waals surface area contributed by atoms with Crippen LogP contribution in [0.1, 0.15) is 24.6 Å². The van der Waals surface area contributed by atoms with E-state index in [4.69, 9.17) is 17.3 Å². The number of aliphatic carboxylic acids is 1. The number of nitrogens with one attached hydrogen (secondary N) is 1. The van der Waals surface area contributed by atoms with Gasteiger partial charge in [-0.25, -0.2) is 9.78 Å². The molecule has 0 aromatic carbocycles. The lowest BCUT2D eigenvalue weighted by Gasteiger charge is -2.50. The van der Waals surface area contributed by atoms with E-state index in [2.05, 4.69) is 25.7 Å². The summed E-state index contributed by atoms with van der Waals surface area (Å²) in [6.07, 6.45) is 0.756. The number of hydrogen-bond acceptors (Lipinski definition) is 13. The van der Waals surface area contributed by atoms with Crippen LogP contribution < -0.4 is 16.0 Å². The van der Waals surface area contributed by atoms with Gasteiger partial charge in [-0.3, -0.25) is 14.5 Å². The van der Waals surface area contributed by atoms with Gasteiger partial charge >= 0.3 is 5.97 Å². The van der Waals surface area contributed by atoms with Gasteiger partial charge < -0.3 is 21.1 Å². The number of aromatic nitrogens is 3. The van der Waals surface area contributed by atoms with Gasteiger partial charge in [-0.15, -0.1) is 15.1 Å². The van der Waals surface area contributed by atoms with Crippen LogP contribution in [0, 0.1) is 4.91 Å². The van der Waals surface area contributed by atoms with Crippen molar-refractivity contribution >= 4 is 74.1 Å². The Hall–Kier alpha value is -2.82. The highest BCUT2D eigenvalue weighted by molar-refractivity contribution is 8.04. The number of fused-ring (bicyclic) bond motifs is 1. The Morgan fingerprint density at radius 3 is 2.68 bits per heavy atom. The number of carboxylic acids is 1. The molecule has 17 heteroatoms. The molecule has 0 bridgehead atoms. The Balaban J connectivity index is 1.51. The van der Waals surface area contributed by atoms with Crippen molar-refractivity contribution in [1.82, 2.24) is 25.4 Å². The first-order valence-corrected chi connectivity index (χ1v) is 12.5. The fraction of sp³-hybridized carbons (Fsp3) is 0.412. The minimum absolute atomic E-state index is 0.0448. The van der Waals surface area contributed by atoms with E-state index in [1.807, 2.05) is 14.1 Å². The van der Waals surface area contributed by atoms with Crippen molar-refractivity contribution in [1.29, 1.82) is 0 Å². The average molecular weight is 545 g/mol. The predicted octanol–water partition coefficient (Wildman–Crippen LogP) is 1.68. The molecule has 13 nitrogen and oxygen atoms in total. The predicted molar refractivity (Wildman–Crippen MR) is 127 cm³/mol. The number of nitrogen functional groups attached to an aromatic ring is 1. The second-order valence-electron chi connectivity index (χ2n) is 7.44. The highest BCUT2D eigenvalue weighted by Crippen LogP contribution is 2.44. The third-order valence-corrected chi connectivity index (χ3v) is 8.52. The number of anilines is 2. The Labute approximate surface area is 209 Å². The number of carboxylic acid groups (broad SMARTS) is 1. The maximum atomic E-state index is 12.9. The van der Waals surface area contributed by atoms with E-state index < -0.39 is 35.9 Å². The number of halogens is 1. The zero-order chi connectivity index (χ0) is 24.7. The molecule has 34 heavy (non-hydrogen) atoms. The van der Waals surface area contributed by atoms with Crippen LogP contribution in [0.4, 0.5) is 10.3 Å². The van der Waals surface area contributed by atoms with Crippen molar-refractivity contribution < 1.29 is 19.5 Å². The summed E-state index contributed by atoms with van der Waals surface area (Å²) in [6, 6.07) is -3.17. The number of thioether (sulfide) groups is 1. The maximum Gasteiger partial charge on any atom is 0.353 e. The molecule has 180 valence electrons. The van der Waals surface area contributed by atoms with E-state index in [1.54, 1.807) is 4.90 Å². The SMILES string of the molecule is CN(C)c1nnc(SC2=C(C(=O)O)N3C(=O)C(NC(=O)C(N=O)c4nc(N)sc4Cl)C3CC2)s1. The van der Waals surface area contributed by atoms with Crippen LogP contribution in [0.2, 0.25) is 4.34 Å². The van der Waals surface area contributed by atoms with Gasteiger partial charge in [0.15, 0.2) is 9.47 Å². The van der Waals surface area contributed by atoms with E-state index in [1.165, 1.54) is 11.3 Å². The van der Waals surface area contributed by atoms with Gasteiger partial charge in [-0.2, -0.15) is 0 Å². The van der Waals surface area contributed by atoms with Gasteiger partial charge in [0, 0.05) is 19.0 Å². The quantitative estimate of drug-likeness (QED) is 0.324. The van der Waals surface area contributed by atoms with Crippen molar-refractivity contribution in [2.24, 2.45) is 5.18 Å². The first kappa shape index (κ1) is 24.3. The molecule has 1 saturated heterocycles. The van der Waals surface area contributed by atoms with Gasteiger partial charge in [0.2, 0.25) is 11.2 Å². The molecule has 0 radical (unpaired) electrons. The molecule has 1 fully saturated rings. The molecule has 0 saturated carbocycles. The highest BCUT2D eigenvalue weighted by Gasteiger charge is 2.54. The summed E-state index contributed by atoms with van der Waals surface area (Å²) < 4.78 is 0.594. The Morgan fingerprint density at radius 2 is 2.12 bits per heavy atom. The Bertz CT molecular complexity index is 1210. The first-order chi connectivity index (χ1) is 16.1. The van der Waals surface area contributed by atoms with Crippen molar-refractivity contribution in [2.75, 3.05) is 24.7 Å². The Kier molecular flexibility index (Phi) is 6.75. The summed E-state index contributed by atoms with van der Waals surface area (Å²) in [4.78, 5) is 56.2. The first-order valence-electron chi connectivity index (χ1n) is 9.65. The van der Waals surface area contributed by atoms with Crippen LogP contribution in [-0.4, -0.2) is 69.2 Å². The van der Waals surface area contributed by atoms with Gasteiger partial charge in [0.05, 0.1) is 6.04 Å². The molecule has 2 aromatic rings. The van der Waals surface area contributed by atoms with E-state index >= 15 is 0 Å². The number of nitroso groups, excluding NO2 is 1. The van der Waals surface area contributed by atoms with Crippen LogP contribution in [0.5, 0.6) is 0 Å². The number of nitrogens with zero attached hydrogens (tertiary/aromatic N) is 6. The number of β-lactam (4-membered cyclic amide) rings is 1. The molecule has 2 aliphatic rings. The molecule has 0 spiro atoms. The second-order valence-corrected chi connectivity index (χ2v) is 11.4. The number of rotatable bonds is 8. The summed E-state index contributed by atoms with van der Waals surface area (Å²) in [5.74, 6) is -2.74. The van der Waals surface area contributed by atoms with Crippen LogP contribution in [0.25, 0.3) is 0 Å². The third-order valence-electron chi connectivity index (χ3n) is 5.12. The van der Waals surface area contributed by atoms with Gasteiger partial charge in [0.25, 0.3) is 11.8 Å². The molecule has 3 atom stereocenters. The van der Waals surface area contributed by atoms with Crippen molar-refractivity contribution in [3.8, 4) is 0 Å². The van der Waals surface area contributed by atoms with Crippen LogP contribution in [0.3, 0.4) is 0 Å². The number of thiazole rings is 1. The molecular formula is C17H17ClN8O5S3. The molecule has 0 aliphatic carbocycles. The molecular weight excluding hydrogens is 528 g/mol. The number of allylic oxidation sites excluding steroid dienone is 1. The van der Waals surface area contributed by atoms with Crippen LogP contribution in [0.15, 0.2) is 20.1 Å². The molecule has 4 rings (SSSR count). The largest absolute Gasteiger partial charge is 0.477 e. The van der Waals surface area contributed by atoms with E-state index in [9.17, 15) is 24.4 Å². The molecule has 2 amide bonds. The third kappa shape index (κ3) is 4.33. The molecule has 2 aliphatic heterocycles. The highest BCUT2D eigenvalue weighted by atomic mass is 35.5. The number of nitrogens with two attached hydrogens (primary N) is 1. The zero-order valence-electron chi connectivity index (χ0n) is 17.6. The van der Waals surface area contributed by atoms with E-state index in [0.717, 1.165) is 28.0 Å². The minimum atomic E-state index is -1.59. The summed E-state index contributed by atoms with van der Waals surface area (Å²) in [7, 11) is 3.63. The number of carbonyl (C=O) groups is 3. The summed E-state index contributed by atoms with van der Waals surface area (Å²) in [5, 5.41) is 23.9. The summed E-state index contributed by atoms with van der Waals surface area (Å²) in [5.41, 5.74) is 5.31. The fourth-order valence-corrected chi connectivity index (χ4v) is 6.57. The number of carbonyl (C=O) groups excluding carboxylic acids is 2. The molecule has 4 N–H and O–H groups in total.